The van der Waals surface area contributed by atoms with Gasteiger partial charge in [-0.1, -0.05) is 6.08 Å². The van der Waals surface area contributed by atoms with Gasteiger partial charge in [0.05, 0.1) is 0 Å². The average molecular weight is 140 g/mol. The SMILES string of the molecule is CC1(CCCN)CC=CN1. The number of nitrogens with two attached hydrogens (primary N) is 1. The highest BCUT2D eigenvalue weighted by molar-refractivity contribution is 5.03. The summed E-state index contributed by atoms with van der Waals surface area (Å²) in [4.78, 5) is 0. The fourth-order valence-corrected chi connectivity index (χ4v) is 1.30. The molecule has 0 aromatic rings. The van der Waals surface area contributed by atoms with Crippen LogP contribution in [0.4, 0.5) is 0 Å². The Balaban J connectivity index is 2.24. The molecule has 0 saturated carbocycles. The summed E-state index contributed by atoms with van der Waals surface area (Å²) in [6.45, 7) is 3.04. The molecule has 0 spiro atoms. The average Bonchev–Trinajstić information content (AvgIpc) is 2.33. The first-order chi connectivity index (χ1) is 4.77. The van der Waals surface area contributed by atoms with Crippen LogP contribution in [0.5, 0.6) is 0 Å². The zero-order chi connectivity index (χ0) is 7.45. The normalized spacial score (nSPS) is 30.6. The summed E-state index contributed by atoms with van der Waals surface area (Å²) < 4.78 is 0. The predicted octanol–water partition coefficient (Wildman–Crippen LogP) is 0.991. The summed E-state index contributed by atoms with van der Waals surface area (Å²) in [5.74, 6) is 0. The van der Waals surface area contributed by atoms with Crippen LogP contribution in [-0.2, 0) is 0 Å². The minimum atomic E-state index is 0.305. The van der Waals surface area contributed by atoms with Gasteiger partial charge in [0, 0.05) is 5.54 Å². The molecule has 0 aromatic heterocycles. The van der Waals surface area contributed by atoms with Crippen LogP contribution in [0.25, 0.3) is 0 Å². The summed E-state index contributed by atoms with van der Waals surface area (Å²) in [6, 6.07) is 0. The second-order valence-corrected chi connectivity index (χ2v) is 3.20. The Morgan fingerprint density at radius 2 is 2.50 bits per heavy atom. The van der Waals surface area contributed by atoms with E-state index >= 15 is 0 Å². The molecule has 1 rings (SSSR count). The van der Waals surface area contributed by atoms with E-state index in [9.17, 15) is 0 Å². The van der Waals surface area contributed by atoms with Gasteiger partial charge in [0.2, 0.25) is 0 Å². The highest BCUT2D eigenvalue weighted by Gasteiger charge is 2.22. The summed E-state index contributed by atoms with van der Waals surface area (Å²) in [7, 11) is 0. The molecular weight excluding hydrogens is 124 g/mol. The van der Waals surface area contributed by atoms with Crippen LogP contribution in [0.15, 0.2) is 12.3 Å². The van der Waals surface area contributed by atoms with Gasteiger partial charge in [0.1, 0.15) is 0 Å². The van der Waals surface area contributed by atoms with Gasteiger partial charge in [-0.25, -0.2) is 0 Å². The molecule has 0 radical (unpaired) electrons. The van der Waals surface area contributed by atoms with Crippen LogP contribution in [0.1, 0.15) is 26.2 Å². The van der Waals surface area contributed by atoms with E-state index in [1.54, 1.807) is 0 Å². The van der Waals surface area contributed by atoms with Crippen molar-refractivity contribution >= 4 is 0 Å². The summed E-state index contributed by atoms with van der Waals surface area (Å²) >= 11 is 0. The molecule has 10 heavy (non-hydrogen) atoms. The summed E-state index contributed by atoms with van der Waals surface area (Å²) in [5.41, 5.74) is 5.72. The van der Waals surface area contributed by atoms with Crippen LogP contribution < -0.4 is 11.1 Å². The maximum absolute atomic E-state index is 5.42. The van der Waals surface area contributed by atoms with Crippen molar-refractivity contribution in [2.24, 2.45) is 5.73 Å². The van der Waals surface area contributed by atoms with Crippen LogP contribution in [-0.4, -0.2) is 12.1 Å². The third-order valence-electron chi connectivity index (χ3n) is 2.05. The van der Waals surface area contributed by atoms with Gasteiger partial charge in [0.15, 0.2) is 0 Å². The molecule has 3 N–H and O–H groups in total. The van der Waals surface area contributed by atoms with E-state index in [0.717, 1.165) is 19.4 Å². The highest BCUT2D eigenvalue weighted by atomic mass is 15.0. The molecule has 1 heterocycles. The molecule has 0 saturated heterocycles. The van der Waals surface area contributed by atoms with E-state index in [4.69, 9.17) is 5.73 Å². The molecular formula is C8H16N2. The van der Waals surface area contributed by atoms with Crippen molar-refractivity contribution in [3.8, 4) is 0 Å². The second-order valence-electron chi connectivity index (χ2n) is 3.20. The molecule has 58 valence electrons. The first-order valence-corrected chi connectivity index (χ1v) is 3.90. The van der Waals surface area contributed by atoms with Crippen LogP contribution in [0.2, 0.25) is 0 Å². The lowest BCUT2D eigenvalue weighted by Crippen LogP contribution is -2.35. The van der Waals surface area contributed by atoms with Crippen molar-refractivity contribution in [1.82, 2.24) is 5.32 Å². The van der Waals surface area contributed by atoms with Gasteiger partial charge in [-0.3, -0.25) is 0 Å². The maximum Gasteiger partial charge on any atom is 0.0375 e. The number of rotatable bonds is 3. The molecule has 0 aliphatic carbocycles. The van der Waals surface area contributed by atoms with Gasteiger partial charge in [-0.2, -0.15) is 0 Å². The third kappa shape index (κ3) is 1.74. The largest absolute Gasteiger partial charge is 0.386 e. The van der Waals surface area contributed by atoms with E-state index in [1.165, 1.54) is 6.42 Å². The van der Waals surface area contributed by atoms with Crippen LogP contribution in [0.3, 0.4) is 0 Å². The minimum Gasteiger partial charge on any atom is -0.386 e. The number of nitrogens with one attached hydrogen (secondary N) is 1. The second kappa shape index (κ2) is 3.06. The zero-order valence-corrected chi connectivity index (χ0v) is 6.56. The number of hydrogen-bond acceptors (Lipinski definition) is 2. The Bertz CT molecular complexity index is 121. The molecule has 1 atom stereocenters. The van der Waals surface area contributed by atoms with Crippen molar-refractivity contribution in [3.05, 3.63) is 12.3 Å². The molecule has 0 fully saturated rings. The van der Waals surface area contributed by atoms with Gasteiger partial charge in [-0.15, -0.1) is 0 Å². The highest BCUT2D eigenvalue weighted by Crippen LogP contribution is 2.20. The van der Waals surface area contributed by atoms with E-state index in [2.05, 4.69) is 18.3 Å². The van der Waals surface area contributed by atoms with Crippen molar-refractivity contribution in [1.29, 1.82) is 0 Å². The summed E-state index contributed by atoms with van der Waals surface area (Å²) in [6.07, 6.45) is 7.65. The maximum atomic E-state index is 5.42. The first-order valence-electron chi connectivity index (χ1n) is 3.90. The zero-order valence-electron chi connectivity index (χ0n) is 6.56. The van der Waals surface area contributed by atoms with Crippen molar-refractivity contribution in [3.63, 3.8) is 0 Å². The number of hydrogen-bond donors (Lipinski definition) is 2. The lowest BCUT2D eigenvalue weighted by Gasteiger charge is -2.24. The molecule has 2 heteroatoms. The summed E-state index contributed by atoms with van der Waals surface area (Å²) in [5, 5.41) is 3.33. The molecule has 2 nitrogen and oxygen atoms in total. The fourth-order valence-electron chi connectivity index (χ4n) is 1.30. The first kappa shape index (κ1) is 7.61. The van der Waals surface area contributed by atoms with E-state index in [-0.39, 0.29) is 0 Å². The Hall–Kier alpha value is -0.500. The van der Waals surface area contributed by atoms with Crippen LogP contribution >= 0.6 is 0 Å². The molecule has 0 amide bonds. The van der Waals surface area contributed by atoms with E-state index < -0.39 is 0 Å². The molecule has 0 bridgehead atoms. The van der Waals surface area contributed by atoms with E-state index in [1.807, 2.05) is 6.20 Å². The van der Waals surface area contributed by atoms with Crippen molar-refractivity contribution < 1.29 is 0 Å². The lowest BCUT2D eigenvalue weighted by molar-refractivity contribution is 0.388. The molecule has 1 aliphatic heterocycles. The Morgan fingerprint density at radius 3 is 3.00 bits per heavy atom. The van der Waals surface area contributed by atoms with Gasteiger partial charge in [-0.05, 0) is 38.9 Å². The third-order valence-corrected chi connectivity index (χ3v) is 2.05. The Kier molecular flexibility index (Phi) is 2.33. The standard InChI is InChI=1S/C8H16N2/c1-8(4-2-6-9)5-3-7-10-8/h3,7,10H,2,4-6,9H2,1H3. The predicted molar refractivity (Wildman–Crippen MR) is 43.6 cm³/mol. The molecule has 0 aromatic carbocycles. The minimum absolute atomic E-state index is 0.305. The molecule has 1 aliphatic rings. The Morgan fingerprint density at radius 1 is 1.70 bits per heavy atom. The Labute approximate surface area is 62.5 Å². The molecule has 1 unspecified atom stereocenters. The van der Waals surface area contributed by atoms with Crippen molar-refractivity contribution in [2.75, 3.05) is 6.54 Å². The van der Waals surface area contributed by atoms with Gasteiger partial charge >= 0.3 is 0 Å². The quantitative estimate of drug-likeness (QED) is 0.613. The smallest absolute Gasteiger partial charge is 0.0375 e. The topological polar surface area (TPSA) is 38.0 Å². The van der Waals surface area contributed by atoms with Crippen molar-refractivity contribution in [2.45, 2.75) is 31.7 Å². The monoisotopic (exact) mass is 140 g/mol. The van der Waals surface area contributed by atoms with Crippen LogP contribution in [0, 0.1) is 0 Å². The van der Waals surface area contributed by atoms with Gasteiger partial charge in [0.25, 0.3) is 0 Å². The fraction of sp³-hybridized carbons (Fsp3) is 0.750. The van der Waals surface area contributed by atoms with Gasteiger partial charge < -0.3 is 11.1 Å². The van der Waals surface area contributed by atoms with E-state index in [0.29, 0.717) is 5.54 Å². The lowest BCUT2D eigenvalue weighted by atomic mass is 9.94.